The van der Waals surface area contributed by atoms with E-state index >= 15 is 0 Å². The first-order valence-corrected chi connectivity index (χ1v) is 17.0. The molecule has 0 fully saturated rings. The summed E-state index contributed by atoms with van der Waals surface area (Å²) in [5.74, 6) is 0.702. The highest BCUT2D eigenvalue weighted by Gasteiger charge is 2.21. The monoisotopic (exact) mass is 636 g/mol. The van der Waals surface area contributed by atoms with E-state index in [2.05, 4.69) is 164 Å². The van der Waals surface area contributed by atoms with Gasteiger partial charge in [0.25, 0.3) is 0 Å². The van der Waals surface area contributed by atoms with Crippen LogP contribution in [0.5, 0.6) is 0 Å². The zero-order chi connectivity index (χ0) is 33.3. The number of nitrogens with zero attached hydrogens (tertiary/aromatic N) is 2. The van der Waals surface area contributed by atoms with Crippen molar-refractivity contribution in [2.24, 2.45) is 0 Å². The van der Waals surface area contributed by atoms with Crippen LogP contribution in [0.4, 0.5) is 0 Å². The molecule has 1 heterocycles. The van der Waals surface area contributed by atoms with Gasteiger partial charge in [-0.15, -0.1) is 0 Å². The lowest BCUT2D eigenvalue weighted by Crippen LogP contribution is -1.95. The molecule has 9 rings (SSSR count). The lowest BCUT2D eigenvalue weighted by atomic mass is 9.82. The maximum atomic E-state index is 4.89. The van der Waals surface area contributed by atoms with E-state index < -0.39 is 0 Å². The molecule has 0 aliphatic carbocycles. The topological polar surface area (TPSA) is 25.8 Å². The minimum Gasteiger partial charge on any atom is -0.236 e. The maximum Gasteiger partial charge on any atom is 0.159 e. The van der Waals surface area contributed by atoms with Gasteiger partial charge in [0, 0.05) is 23.5 Å². The minimum atomic E-state index is 0.702. The molecular formula is C48H32N2. The van der Waals surface area contributed by atoms with E-state index in [1.165, 1.54) is 60.7 Å². The van der Waals surface area contributed by atoms with Gasteiger partial charge in [-0.05, 0) is 77.7 Å². The van der Waals surface area contributed by atoms with Crippen molar-refractivity contribution in [3.05, 3.63) is 194 Å². The van der Waals surface area contributed by atoms with Crippen molar-refractivity contribution >= 4 is 21.5 Å². The van der Waals surface area contributed by atoms with Gasteiger partial charge >= 0.3 is 0 Å². The Balaban J connectivity index is 1.36. The summed E-state index contributed by atoms with van der Waals surface area (Å²) in [7, 11) is 0. The Morgan fingerprint density at radius 2 is 0.660 bits per heavy atom. The molecule has 0 amide bonds. The molecule has 0 aliphatic heterocycles. The van der Waals surface area contributed by atoms with Crippen LogP contribution in [0, 0.1) is 0 Å². The van der Waals surface area contributed by atoms with Crippen molar-refractivity contribution in [2.45, 2.75) is 0 Å². The summed E-state index contributed by atoms with van der Waals surface area (Å²) in [6.45, 7) is 0. The fourth-order valence-corrected chi connectivity index (χ4v) is 7.30. The number of rotatable bonds is 6. The summed E-state index contributed by atoms with van der Waals surface area (Å²) >= 11 is 0. The van der Waals surface area contributed by atoms with Gasteiger partial charge in [-0.25, -0.2) is 9.97 Å². The van der Waals surface area contributed by atoms with Crippen LogP contribution in [0.25, 0.3) is 88.6 Å². The summed E-state index contributed by atoms with van der Waals surface area (Å²) in [5.41, 5.74) is 12.7. The molecule has 2 heteroatoms. The molecule has 9 aromatic rings. The second kappa shape index (κ2) is 12.8. The maximum absolute atomic E-state index is 4.89. The largest absolute Gasteiger partial charge is 0.236 e. The Morgan fingerprint density at radius 1 is 0.260 bits per heavy atom. The highest BCUT2D eigenvalue weighted by Crippen LogP contribution is 2.48. The summed E-state index contributed by atoms with van der Waals surface area (Å²) in [6, 6.07) is 64.9. The third kappa shape index (κ3) is 5.24. The average molecular weight is 637 g/mol. The van der Waals surface area contributed by atoms with E-state index in [1.54, 1.807) is 0 Å². The quantitative estimate of drug-likeness (QED) is 0.170. The summed E-state index contributed by atoms with van der Waals surface area (Å²) in [5, 5.41) is 4.78. The zero-order valence-corrected chi connectivity index (χ0v) is 27.4. The van der Waals surface area contributed by atoms with Crippen molar-refractivity contribution in [3.8, 4) is 67.0 Å². The van der Waals surface area contributed by atoms with Gasteiger partial charge < -0.3 is 0 Å². The number of hydrogen-bond donors (Lipinski definition) is 0. The average Bonchev–Trinajstić information content (AvgIpc) is 3.21. The zero-order valence-electron chi connectivity index (χ0n) is 27.4. The van der Waals surface area contributed by atoms with Crippen LogP contribution in [0.15, 0.2) is 194 Å². The molecule has 50 heavy (non-hydrogen) atoms. The molecule has 0 radical (unpaired) electrons. The summed E-state index contributed by atoms with van der Waals surface area (Å²) in [6.07, 6.45) is 3.85. The molecule has 0 spiro atoms. The Hall–Kier alpha value is -6.64. The van der Waals surface area contributed by atoms with Crippen LogP contribution in [0.2, 0.25) is 0 Å². The molecule has 0 aliphatic rings. The Labute approximate surface area is 292 Å². The van der Waals surface area contributed by atoms with Gasteiger partial charge in [-0.3, -0.25) is 0 Å². The van der Waals surface area contributed by atoms with Crippen molar-refractivity contribution in [1.29, 1.82) is 0 Å². The first-order chi connectivity index (χ1) is 24.8. The van der Waals surface area contributed by atoms with Crippen molar-refractivity contribution in [2.75, 3.05) is 0 Å². The number of fused-ring (bicyclic) bond motifs is 2. The molecule has 0 unspecified atom stereocenters. The molecule has 234 valence electrons. The van der Waals surface area contributed by atoms with Crippen LogP contribution < -0.4 is 0 Å². The predicted octanol–water partition coefficient (Wildman–Crippen LogP) is 12.8. The van der Waals surface area contributed by atoms with E-state index in [0.29, 0.717) is 5.82 Å². The number of hydrogen-bond acceptors (Lipinski definition) is 2. The normalized spacial score (nSPS) is 11.2. The molecule has 1 aromatic heterocycles. The van der Waals surface area contributed by atoms with E-state index in [-0.39, 0.29) is 0 Å². The van der Waals surface area contributed by atoms with Crippen molar-refractivity contribution < 1.29 is 0 Å². The molecule has 0 bridgehead atoms. The second-order valence-corrected chi connectivity index (χ2v) is 12.5. The fourth-order valence-electron chi connectivity index (χ4n) is 7.30. The first-order valence-electron chi connectivity index (χ1n) is 17.0. The molecule has 2 nitrogen and oxygen atoms in total. The smallest absolute Gasteiger partial charge is 0.159 e. The number of aromatic nitrogens is 2. The van der Waals surface area contributed by atoms with Crippen LogP contribution in [-0.4, -0.2) is 9.97 Å². The lowest BCUT2D eigenvalue weighted by molar-refractivity contribution is 1.18. The Bertz CT molecular complexity index is 2610. The van der Waals surface area contributed by atoms with Crippen LogP contribution in [0.1, 0.15) is 0 Å². The SMILES string of the molecule is c1ccc(-c2cnc(-c3ccc4c(-c5ccccc5-c5ccccc5)c5ccccc5c(-c5ccccc5-c5ccccc5)c4c3)nc2)cc1. The standard InChI is InChI=1S/C48H32N2/c1-4-16-33(17-5-1)37-31-49-48(50-32-37)36-28-29-44-45(30-36)47(41-25-13-11-23-39(41)35-20-8-3-9-21-35)43-27-15-14-26-42(43)46(44)40-24-12-10-22-38(40)34-18-6-2-7-19-34/h1-32H. The van der Waals surface area contributed by atoms with Crippen molar-refractivity contribution in [1.82, 2.24) is 9.97 Å². The highest BCUT2D eigenvalue weighted by molar-refractivity contribution is 6.23. The fraction of sp³-hybridized carbons (Fsp3) is 0. The molecular weight excluding hydrogens is 605 g/mol. The summed E-state index contributed by atoms with van der Waals surface area (Å²) in [4.78, 5) is 9.77. The van der Waals surface area contributed by atoms with Gasteiger partial charge in [0.05, 0.1) is 0 Å². The van der Waals surface area contributed by atoms with E-state index in [4.69, 9.17) is 9.97 Å². The Kier molecular flexibility index (Phi) is 7.53. The van der Waals surface area contributed by atoms with E-state index in [9.17, 15) is 0 Å². The highest BCUT2D eigenvalue weighted by atomic mass is 14.9. The van der Waals surface area contributed by atoms with Crippen LogP contribution in [0.3, 0.4) is 0 Å². The van der Waals surface area contributed by atoms with Crippen molar-refractivity contribution in [3.63, 3.8) is 0 Å². The predicted molar refractivity (Wildman–Crippen MR) is 210 cm³/mol. The third-order valence-electron chi connectivity index (χ3n) is 9.60. The van der Waals surface area contributed by atoms with Crippen LogP contribution in [-0.2, 0) is 0 Å². The van der Waals surface area contributed by atoms with Gasteiger partial charge in [-0.1, -0.05) is 176 Å². The lowest BCUT2D eigenvalue weighted by Gasteiger charge is -2.21. The molecule has 0 atom stereocenters. The second-order valence-electron chi connectivity index (χ2n) is 12.5. The first kappa shape index (κ1) is 29.5. The molecule has 0 saturated carbocycles. The van der Waals surface area contributed by atoms with Gasteiger partial charge in [0.1, 0.15) is 0 Å². The number of benzene rings is 8. The molecule has 0 saturated heterocycles. The Morgan fingerprint density at radius 3 is 1.18 bits per heavy atom. The molecule has 0 N–H and O–H groups in total. The van der Waals surface area contributed by atoms with Gasteiger partial charge in [-0.2, -0.15) is 0 Å². The van der Waals surface area contributed by atoms with E-state index in [1.807, 2.05) is 30.6 Å². The molecule has 8 aromatic carbocycles. The summed E-state index contributed by atoms with van der Waals surface area (Å²) < 4.78 is 0. The van der Waals surface area contributed by atoms with Gasteiger partial charge in [0.15, 0.2) is 5.82 Å². The van der Waals surface area contributed by atoms with Crippen LogP contribution >= 0.6 is 0 Å². The van der Waals surface area contributed by atoms with Gasteiger partial charge in [0.2, 0.25) is 0 Å². The van der Waals surface area contributed by atoms with E-state index in [0.717, 1.165) is 22.1 Å². The minimum absolute atomic E-state index is 0.702. The third-order valence-corrected chi connectivity index (χ3v) is 9.60.